The first-order valence-corrected chi connectivity index (χ1v) is 11.1. The van der Waals surface area contributed by atoms with Gasteiger partial charge in [-0.25, -0.2) is 19.2 Å². The molecular formula is C16H16ClN7O2S2. The lowest BCUT2D eigenvalue weighted by Gasteiger charge is -2.36. The van der Waals surface area contributed by atoms with Gasteiger partial charge in [0.05, 0.1) is 30.2 Å². The molecule has 1 aliphatic heterocycles. The summed E-state index contributed by atoms with van der Waals surface area (Å²) in [5.74, 6) is 4.73. The Balaban J connectivity index is 1.73. The Hall–Kier alpha value is -2.50. The monoisotopic (exact) mass is 437 g/mol. The third-order valence-corrected chi connectivity index (χ3v) is 8.29. The van der Waals surface area contributed by atoms with Gasteiger partial charge in [0.1, 0.15) is 17.6 Å². The lowest BCUT2D eigenvalue weighted by Crippen LogP contribution is -2.50. The van der Waals surface area contributed by atoms with Crippen molar-refractivity contribution in [1.82, 2.24) is 24.5 Å². The van der Waals surface area contributed by atoms with Crippen molar-refractivity contribution in [3.05, 3.63) is 34.6 Å². The highest BCUT2D eigenvalue weighted by Crippen LogP contribution is 2.44. The summed E-state index contributed by atoms with van der Waals surface area (Å²) in [7, 11) is -0.997. The van der Waals surface area contributed by atoms with E-state index in [2.05, 4.69) is 31.0 Å². The van der Waals surface area contributed by atoms with E-state index in [9.17, 15) is 4.21 Å². The van der Waals surface area contributed by atoms with Crippen molar-refractivity contribution in [1.29, 1.82) is 0 Å². The molecule has 3 aromatic heterocycles. The lowest BCUT2D eigenvalue weighted by atomic mass is 10.0. The number of rotatable bonds is 3. The van der Waals surface area contributed by atoms with E-state index in [1.807, 2.05) is 6.92 Å². The quantitative estimate of drug-likeness (QED) is 0.621. The molecule has 1 unspecified atom stereocenters. The van der Waals surface area contributed by atoms with Crippen molar-refractivity contribution >= 4 is 44.5 Å². The molecule has 0 aliphatic carbocycles. The fourth-order valence-corrected chi connectivity index (χ4v) is 6.17. The van der Waals surface area contributed by atoms with Crippen LogP contribution in [0, 0.1) is 0 Å². The molecule has 1 aliphatic rings. The van der Waals surface area contributed by atoms with Gasteiger partial charge in [-0.2, -0.15) is 0 Å². The number of halogens is 1. The second kappa shape index (κ2) is 6.54. The molecule has 0 fully saturated rings. The molecule has 0 saturated heterocycles. The summed E-state index contributed by atoms with van der Waals surface area (Å²) in [5.41, 5.74) is 5.62. The molecule has 12 heteroatoms. The third kappa shape index (κ3) is 3.15. The first kappa shape index (κ1) is 18.8. The normalized spacial score (nSPS) is 25.0. The van der Waals surface area contributed by atoms with Crippen LogP contribution < -0.4 is 5.73 Å². The Bertz CT molecular complexity index is 1170. The zero-order chi connectivity index (χ0) is 20.1. The van der Waals surface area contributed by atoms with E-state index in [4.69, 9.17) is 21.8 Å². The smallest absolute Gasteiger partial charge is 0.266 e. The molecule has 3 aromatic rings. The summed E-state index contributed by atoms with van der Waals surface area (Å²) in [6, 6.07) is 3.39. The summed E-state index contributed by atoms with van der Waals surface area (Å²) >= 11 is 7.82. The van der Waals surface area contributed by atoms with Crippen LogP contribution in [0.1, 0.15) is 11.8 Å². The molecule has 0 radical (unpaired) electrons. The second-order valence-corrected chi connectivity index (χ2v) is 10.3. The molecule has 0 saturated carbocycles. The highest BCUT2D eigenvalue weighted by atomic mass is 35.5. The van der Waals surface area contributed by atoms with Gasteiger partial charge in [-0.1, -0.05) is 11.6 Å². The van der Waals surface area contributed by atoms with Crippen molar-refractivity contribution < 1.29 is 8.63 Å². The van der Waals surface area contributed by atoms with Crippen LogP contribution in [-0.2, 0) is 15.2 Å². The highest BCUT2D eigenvalue weighted by Gasteiger charge is 2.40. The Morgan fingerprint density at radius 2 is 2.18 bits per heavy atom. The largest absolute Gasteiger partial charge is 0.414 e. The number of aliphatic imine (C=N–C) groups is 1. The number of guanidine groups is 1. The van der Waals surface area contributed by atoms with Crippen molar-refractivity contribution in [3.63, 3.8) is 0 Å². The van der Waals surface area contributed by atoms with Crippen molar-refractivity contribution in [2.45, 2.75) is 12.5 Å². The predicted molar refractivity (Wildman–Crippen MR) is 111 cm³/mol. The fraction of sp³-hybridized carbons (Fsp3) is 0.250. The van der Waals surface area contributed by atoms with Gasteiger partial charge in [0.15, 0.2) is 0 Å². The van der Waals surface area contributed by atoms with E-state index in [0.717, 1.165) is 0 Å². The van der Waals surface area contributed by atoms with Crippen LogP contribution >= 0.6 is 22.9 Å². The van der Waals surface area contributed by atoms with Crippen LogP contribution in [0.25, 0.3) is 22.4 Å². The Kier molecular flexibility index (Phi) is 4.40. The Labute approximate surface area is 170 Å². The van der Waals surface area contributed by atoms with Gasteiger partial charge >= 0.3 is 0 Å². The average molecular weight is 438 g/mol. The van der Waals surface area contributed by atoms with Crippen LogP contribution in [0.4, 0.5) is 0 Å². The van der Waals surface area contributed by atoms with E-state index in [1.54, 1.807) is 25.4 Å². The molecule has 146 valence electrons. The fourth-order valence-electron chi connectivity index (χ4n) is 2.86. The minimum Gasteiger partial charge on any atom is -0.414 e. The number of aromatic nitrogens is 4. The molecule has 28 heavy (non-hydrogen) atoms. The minimum absolute atomic E-state index is 0.156. The predicted octanol–water partition coefficient (Wildman–Crippen LogP) is 2.02. The molecule has 0 aromatic carbocycles. The Morgan fingerprint density at radius 3 is 2.86 bits per heavy atom. The number of nitrogens with two attached hydrogens (primary N) is 1. The van der Waals surface area contributed by atoms with E-state index >= 15 is 0 Å². The zero-order valence-corrected chi connectivity index (χ0v) is 17.4. The van der Waals surface area contributed by atoms with E-state index in [1.165, 1.54) is 22.0 Å². The van der Waals surface area contributed by atoms with E-state index in [0.29, 0.717) is 26.4 Å². The van der Waals surface area contributed by atoms with Crippen LogP contribution in [-0.4, -0.2) is 53.3 Å². The van der Waals surface area contributed by atoms with Gasteiger partial charge in [0.25, 0.3) is 11.8 Å². The third-order valence-electron chi connectivity index (χ3n) is 4.30. The van der Waals surface area contributed by atoms with Crippen LogP contribution in [0.2, 0.25) is 5.02 Å². The SMILES string of the molecule is C=S1(=O)C[C@@](C)(c2sc(-c3nnc(-c4ccncn4)o3)cc2Cl)N=C(N)N1C. The van der Waals surface area contributed by atoms with Crippen molar-refractivity contribution in [2.75, 3.05) is 12.8 Å². The van der Waals surface area contributed by atoms with Gasteiger partial charge in [0, 0.05) is 13.2 Å². The highest BCUT2D eigenvalue weighted by molar-refractivity contribution is 7.98. The molecule has 9 nitrogen and oxygen atoms in total. The number of hydrogen-bond acceptors (Lipinski definition) is 9. The summed E-state index contributed by atoms with van der Waals surface area (Å²) < 4.78 is 20.0. The van der Waals surface area contributed by atoms with Crippen LogP contribution in [0.3, 0.4) is 0 Å². The van der Waals surface area contributed by atoms with E-state index in [-0.39, 0.29) is 17.6 Å². The first-order chi connectivity index (χ1) is 13.2. The maximum absolute atomic E-state index is 12.8. The van der Waals surface area contributed by atoms with Gasteiger partial charge in [-0.3, -0.25) is 4.31 Å². The lowest BCUT2D eigenvalue weighted by molar-refractivity contribution is 0.522. The van der Waals surface area contributed by atoms with Gasteiger partial charge in [0.2, 0.25) is 5.96 Å². The molecule has 0 spiro atoms. The maximum atomic E-state index is 12.8. The van der Waals surface area contributed by atoms with Gasteiger partial charge in [-0.05, 0) is 24.9 Å². The standard InChI is InChI=1S/C16H16ClN7O2S2/c1-16(7-28(3,25)24(2)15(18)21-16)12-9(17)6-11(27-12)14-23-22-13(26-14)10-4-5-19-8-20-10/h4-6,8H,3,7H2,1-2H3,(H2,18,21)/t16-,28?/m0/s1. The Morgan fingerprint density at radius 1 is 1.43 bits per heavy atom. The summed E-state index contributed by atoms with van der Waals surface area (Å²) in [6.07, 6.45) is 2.99. The van der Waals surface area contributed by atoms with Gasteiger partial charge < -0.3 is 10.2 Å². The minimum atomic E-state index is -2.61. The summed E-state index contributed by atoms with van der Waals surface area (Å²) in [6.45, 7) is 1.83. The number of hydrogen-bond donors (Lipinski definition) is 1. The van der Waals surface area contributed by atoms with Crippen molar-refractivity contribution in [2.24, 2.45) is 10.7 Å². The number of thiophene rings is 1. The zero-order valence-electron chi connectivity index (χ0n) is 15.0. The average Bonchev–Trinajstić information content (AvgIpc) is 3.27. The number of nitrogens with zero attached hydrogens (tertiary/aromatic N) is 6. The molecule has 4 heterocycles. The van der Waals surface area contributed by atoms with Gasteiger partial charge in [-0.15, -0.1) is 21.5 Å². The molecular weight excluding hydrogens is 422 g/mol. The molecule has 0 amide bonds. The molecule has 0 bridgehead atoms. The van der Waals surface area contributed by atoms with Crippen LogP contribution in [0.5, 0.6) is 0 Å². The second-order valence-electron chi connectivity index (χ2n) is 6.45. The maximum Gasteiger partial charge on any atom is 0.266 e. The molecule has 2 atom stereocenters. The van der Waals surface area contributed by atoms with Crippen molar-refractivity contribution in [3.8, 4) is 22.4 Å². The van der Waals surface area contributed by atoms with Crippen LogP contribution in [0.15, 0.2) is 34.1 Å². The summed E-state index contributed by atoms with van der Waals surface area (Å²) in [4.78, 5) is 13.8. The first-order valence-electron chi connectivity index (χ1n) is 8.04. The molecule has 2 N–H and O–H groups in total. The molecule has 4 rings (SSSR count). The van der Waals surface area contributed by atoms with E-state index < -0.39 is 15.2 Å². The summed E-state index contributed by atoms with van der Waals surface area (Å²) in [5, 5.41) is 8.56. The topological polar surface area (TPSA) is 123 Å².